The summed E-state index contributed by atoms with van der Waals surface area (Å²) in [5, 5.41) is 0. The second kappa shape index (κ2) is 6.88. The van der Waals surface area contributed by atoms with Crippen LogP contribution in [-0.4, -0.2) is 46.0 Å². The van der Waals surface area contributed by atoms with Crippen molar-refractivity contribution in [3.8, 4) is 0 Å². The van der Waals surface area contributed by atoms with Crippen molar-refractivity contribution >= 4 is 25.6 Å². The van der Waals surface area contributed by atoms with Gasteiger partial charge in [0.25, 0.3) is 15.0 Å². The van der Waals surface area contributed by atoms with Gasteiger partial charge < -0.3 is 9.64 Å². The van der Waals surface area contributed by atoms with Gasteiger partial charge in [-0.2, -0.15) is 0 Å². The summed E-state index contributed by atoms with van der Waals surface area (Å²) in [7, 11) is 2.95. The van der Waals surface area contributed by atoms with Crippen LogP contribution in [0.25, 0.3) is 0 Å². The van der Waals surface area contributed by atoms with Gasteiger partial charge >= 0.3 is 0 Å². The molecule has 1 aromatic rings. The van der Waals surface area contributed by atoms with E-state index in [0.717, 1.165) is 0 Å². The van der Waals surface area contributed by atoms with Crippen LogP contribution in [0, 0.1) is 0 Å². The normalized spacial score (nSPS) is 11.3. The lowest BCUT2D eigenvalue weighted by Gasteiger charge is -2.18. The standard InChI is InChI=1S/C12H16ClNO4S/c1-3-18-9-8-14(2)12(15)10-6-4-5-7-11(10)19(13,16)17/h4-7H,3,8-9H2,1-2H3. The number of carbonyl (C=O) groups is 1. The molecule has 7 heteroatoms. The predicted molar refractivity (Wildman–Crippen MR) is 72.9 cm³/mol. The molecule has 0 bridgehead atoms. The second-order valence-electron chi connectivity index (χ2n) is 3.86. The van der Waals surface area contributed by atoms with Crippen LogP contribution < -0.4 is 0 Å². The molecule has 0 spiro atoms. The predicted octanol–water partition coefficient (Wildman–Crippen LogP) is 1.72. The van der Waals surface area contributed by atoms with Crippen LogP contribution in [0.5, 0.6) is 0 Å². The second-order valence-corrected chi connectivity index (χ2v) is 6.39. The third-order valence-electron chi connectivity index (χ3n) is 2.50. The Morgan fingerprint density at radius 1 is 1.37 bits per heavy atom. The van der Waals surface area contributed by atoms with Crippen LogP contribution in [-0.2, 0) is 13.8 Å². The minimum Gasteiger partial charge on any atom is -0.380 e. The van der Waals surface area contributed by atoms with Crippen LogP contribution >= 0.6 is 10.7 Å². The number of rotatable bonds is 6. The van der Waals surface area contributed by atoms with Crippen LogP contribution in [0.4, 0.5) is 0 Å². The number of nitrogens with zero attached hydrogens (tertiary/aromatic N) is 1. The topological polar surface area (TPSA) is 63.7 Å². The van der Waals surface area contributed by atoms with Gasteiger partial charge in [0.05, 0.1) is 17.1 Å². The summed E-state index contributed by atoms with van der Waals surface area (Å²) >= 11 is 0. The largest absolute Gasteiger partial charge is 0.380 e. The lowest BCUT2D eigenvalue weighted by molar-refractivity contribution is 0.0706. The summed E-state index contributed by atoms with van der Waals surface area (Å²) in [6, 6.07) is 5.86. The number of carbonyl (C=O) groups excluding carboxylic acids is 1. The molecular weight excluding hydrogens is 290 g/mol. The van der Waals surface area contributed by atoms with Crippen molar-refractivity contribution in [2.45, 2.75) is 11.8 Å². The molecule has 0 aliphatic heterocycles. The van der Waals surface area contributed by atoms with Crippen LogP contribution in [0.2, 0.25) is 0 Å². The van der Waals surface area contributed by atoms with E-state index in [0.29, 0.717) is 19.8 Å². The average Bonchev–Trinajstić information content (AvgIpc) is 2.37. The van der Waals surface area contributed by atoms with Gasteiger partial charge in [-0.05, 0) is 19.1 Å². The highest BCUT2D eigenvalue weighted by Crippen LogP contribution is 2.20. The van der Waals surface area contributed by atoms with Gasteiger partial charge in [0.15, 0.2) is 0 Å². The lowest BCUT2D eigenvalue weighted by atomic mass is 10.2. The average molecular weight is 306 g/mol. The van der Waals surface area contributed by atoms with Crippen molar-refractivity contribution in [2.75, 3.05) is 26.8 Å². The lowest BCUT2D eigenvalue weighted by Crippen LogP contribution is -2.31. The van der Waals surface area contributed by atoms with E-state index in [9.17, 15) is 13.2 Å². The minimum absolute atomic E-state index is 0.0662. The molecule has 0 aliphatic rings. The molecule has 0 saturated carbocycles. The molecule has 1 amide bonds. The fourth-order valence-electron chi connectivity index (χ4n) is 1.51. The molecule has 1 aromatic carbocycles. The molecule has 0 N–H and O–H groups in total. The Bertz CT molecular complexity index is 544. The van der Waals surface area contributed by atoms with Crippen molar-refractivity contribution in [3.63, 3.8) is 0 Å². The van der Waals surface area contributed by atoms with Crippen molar-refractivity contribution in [2.24, 2.45) is 0 Å². The van der Waals surface area contributed by atoms with Gasteiger partial charge in [0.1, 0.15) is 0 Å². The first kappa shape index (κ1) is 15.9. The van der Waals surface area contributed by atoms with Crippen molar-refractivity contribution in [1.29, 1.82) is 0 Å². The van der Waals surface area contributed by atoms with Crippen molar-refractivity contribution < 1.29 is 17.9 Å². The number of amides is 1. The Hall–Kier alpha value is -1.11. The maximum Gasteiger partial charge on any atom is 0.262 e. The highest BCUT2D eigenvalue weighted by Gasteiger charge is 2.22. The molecule has 0 aromatic heterocycles. The molecule has 0 atom stereocenters. The van der Waals surface area contributed by atoms with Gasteiger partial charge in [-0.15, -0.1) is 0 Å². The molecule has 1 rings (SSSR count). The van der Waals surface area contributed by atoms with E-state index in [1.165, 1.54) is 23.1 Å². The summed E-state index contributed by atoms with van der Waals surface area (Å²) in [5.74, 6) is -0.403. The summed E-state index contributed by atoms with van der Waals surface area (Å²) in [6.45, 7) is 3.20. The first-order valence-electron chi connectivity index (χ1n) is 5.74. The van der Waals surface area contributed by atoms with E-state index in [1.54, 1.807) is 13.1 Å². The molecular formula is C12H16ClNO4S. The number of benzene rings is 1. The highest BCUT2D eigenvalue weighted by molar-refractivity contribution is 8.13. The van der Waals surface area contributed by atoms with Gasteiger partial charge in [0.2, 0.25) is 0 Å². The van der Waals surface area contributed by atoms with Gasteiger partial charge in [-0.25, -0.2) is 8.42 Å². The maximum absolute atomic E-state index is 12.2. The van der Waals surface area contributed by atoms with Crippen molar-refractivity contribution in [3.05, 3.63) is 29.8 Å². The van der Waals surface area contributed by atoms with Crippen LogP contribution in [0.15, 0.2) is 29.2 Å². The monoisotopic (exact) mass is 305 g/mol. The van der Waals surface area contributed by atoms with E-state index >= 15 is 0 Å². The zero-order valence-corrected chi connectivity index (χ0v) is 12.4. The highest BCUT2D eigenvalue weighted by atomic mass is 35.7. The van der Waals surface area contributed by atoms with E-state index in [4.69, 9.17) is 15.4 Å². The molecule has 19 heavy (non-hydrogen) atoms. The first-order chi connectivity index (χ1) is 8.88. The third kappa shape index (κ3) is 4.49. The zero-order valence-electron chi connectivity index (χ0n) is 10.8. The molecule has 0 saturated heterocycles. The Morgan fingerprint density at radius 3 is 2.58 bits per heavy atom. The number of halogens is 1. The fraction of sp³-hybridized carbons (Fsp3) is 0.417. The van der Waals surface area contributed by atoms with E-state index in [-0.39, 0.29) is 10.5 Å². The maximum atomic E-state index is 12.2. The Balaban J connectivity index is 2.94. The molecule has 0 unspecified atom stereocenters. The summed E-state index contributed by atoms with van der Waals surface area (Å²) in [5.41, 5.74) is 0.0662. The number of hydrogen-bond acceptors (Lipinski definition) is 4. The number of ether oxygens (including phenoxy) is 1. The first-order valence-corrected chi connectivity index (χ1v) is 8.05. The minimum atomic E-state index is -3.94. The van der Waals surface area contributed by atoms with Gasteiger partial charge in [0, 0.05) is 30.9 Å². The molecule has 0 aliphatic carbocycles. The fourth-order valence-corrected chi connectivity index (χ4v) is 2.57. The summed E-state index contributed by atoms with van der Waals surface area (Å²) in [6.07, 6.45) is 0. The Morgan fingerprint density at radius 2 is 2.00 bits per heavy atom. The third-order valence-corrected chi connectivity index (χ3v) is 3.88. The van der Waals surface area contributed by atoms with Crippen molar-refractivity contribution in [1.82, 2.24) is 4.90 Å². The van der Waals surface area contributed by atoms with E-state index in [2.05, 4.69) is 0 Å². The smallest absolute Gasteiger partial charge is 0.262 e. The zero-order chi connectivity index (χ0) is 14.5. The Labute approximate surface area is 117 Å². The van der Waals surface area contributed by atoms with Gasteiger partial charge in [-0.3, -0.25) is 4.79 Å². The molecule has 5 nitrogen and oxygen atoms in total. The quantitative estimate of drug-likeness (QED) is 0.593. The summed E-state index contributed by atoms with van der Waals surface area (Å²) in [4.78, 5) is 13.4. The number of likely N-dealkylation sites (N-methyl/N-ethyl adjacent to an activating group) is 1. The SMILES string of the molecule is CCOCCN(C)C(=O)c1ccccc1S(=O)(=O)Cl. The van der Waals surface area contributed by atoms with Crippen LogP contribution in [0.1, 0.15) is 17.3 Å². The van der Waals surface area contributed by atoms with E-state index < -0.39 is 15.0 Å². The molecule has 0 fully saturated rings. The number of hydrogen-bond donors (Lipinski definition) is 0. The van der Waals surface area contributed by atoms with E-state index in [1.807, 2.05) is 6.92 Å². The molecule has 0 heterocycles. The molecule has 0 radical (unpaired) electrons. The molecule has 106 valence electrons. The Kier molecular flexibility index (Phi) is 5.78. The van der Waals surface area contributed by atoms with Crippen LogP contribution in [0.3, 0.4) is 0 Å². The summed E-state index contributed by atoms with van der Waals surface area (Å²) < 4.78 is 28.0. The van der Waals surface area contributed by atoms with Gasteiger partial charge in [-0.1, -0.05) is 12.1 Å².